The van der Waals surface area contributed by atoms with E-state index in [4.69, 9.17) is 5.53 Å². The standard InChI is InChI=1S/C19H24N3O3P/c1-14(2)19(18(21-22-20)17(24)13-23)26(25,15-9-5-3-6-10-15)16-11-7-4-8-12-16/h3-12,14,17-19,23-24H,13H2,1-2H3/t17-,18-,19-/m1/s1. The third kappa shape index (κ3) is 4.00. The second-order valence-corrected chi connectivity index (χ2v) is 9.45. The third-order valence-corrected chi connectivity index (χ3v) is 8.37. The van der Waals surface area contributed by atoms with Crippen LogP contribution in [0, 0.1) is 5.92 Å². The maximum Gasteiger partial charge on any atom is 0.146 e. The minimum Gasteiger partial charge on any atom is -0.394 e. The molecule has 2 N–H and O–H groups in total. The fourth-order valence-electron chi connectivity index (χ4n) is 3.36. The van der Waals surface area contributed by atoms with Gasteiger partial charge in [-0.3, -0.25) is 0 Å². The van der Waals surface area contributed by atoms with Gasteiger partial charge in [-0.2, -0.15) is 0 Å². The van der Waals surface area contributed by atoms with Gasteiger partial charge in [-0.15, -0.1) is 0 Å². The minimum absolute atomic E-state index is 0.169. The number of azide groups is 1. The van der Waals surface area contributed by atoms with Crippen LogP contribution in [0.1, 0.15) is 13.8 Å². The lowest BCUT2D eigenvalue weighted by atomic mass is 9.99. The van der Waals surface area contributed by atoms with Crippen molar-refractivity contribution in [1.29, 1.82) is 0 Å². The molecule has 2 aromatic carbocycles. The first-order valence-corrected chi connectivity index (χ1v) is 10.3. The average Bonchev–Trinajstić information content (AvgIpc) is 2.67. The number of hydrogen-bond acceptors (Lipinski definition) is 4. The van der Waals surface area contributed by atoms with E-state index >= 15 is 0 Å². The van der Waals surface area contributed by atoms with E-state index in [0.29, 0.717) is 10.6 Å². The molecule has 0 aliphatic rings. The van der Waals surface area contributed by atoms with Gasteiger partial charge in [0.05, 0.1) is 18.8 Å². The van der Waals surface area contributed by atoms with Gasteiger partial charge >= 0.3 is 0 Å². The number of aliphatic hydroxyl groups is 2. The van der Waals surface area contributed by atoms with E-state index in [1.165, 1.54) is 0 Å². The van der Waals surface area contributed by atoms with Gasteiger partial charge in [0.2, 0.25) is 0 Å². The molecular weight excluding hydrogens is 349 g/mol. The zero-order chi connectivity index (χ0) is 19.2. The van der Waals surface area contributed by atoms with Crippen LogP contribution >= 0.6 is 7.14 Å². The fraction of sp³-hybridized carbons (Fsp3) is 0.368. The molecule has 0 aliphatic heterocycles. The van der Waals surface area contributed by atoms with Gasteiger partial charge < -0.3 is 14.8 Å². The van der Waals surface area contributed by atoms with E-state index < -0.39 is 31.6 Å². The lowest BCUT2D eigenvalue weighted by Gasteiger charge is -2.37. The second-order valence-electron chi connectivity index (χ2n) is 6.51. The lowest BCUT2D eigenvalue weighted by molar-refractivity contribution is 0.0695. The third-order valence-electron chi connectivity index (χ3n) is 4.50. The first-order chi connectivity index (χ1) is 12.5. The zero-order valence-corrected chi connectivity index (χ0v) is 15.8. The molecule has 0 aliphatic carbocycles. The van der Waals surface area contributed by atoms with Crippen LogP contribution < -0.4 is 10.6 Å². The number of aliphatic hydroxyl groups excluding tert-OH is 2. The maximum atomic E-state index is 14.5. The van der Waals surface area contributed by atoms with E-state index in [9.17, 15) is 14.8 Å². The SMILES string of the molecule is CC(C)[C@H]([C@H](N=[N+]=[N-])[C@H](O)CO)P(=O)(c1ccccc1)c1ccccc1. The van der Waals surface area contributed by atoms with Crippen molar-refractivity contribution in [1.82, 2.24) is 0 Å². The van der Waals surface area contributed by atoms with Crippen LogP contribution in [0.5, 0.6) is 0 Å². The summed E-state index contributed by atoms with van der Waals surface area (Å²) in [6.07, 6.45) is -1.29. The number of hydrogen-bond donors (Lipinski definition) is 2. The molecule has 26 heavy (non-hydrogen) atoms. The molecule has 0 unspecified atom stereocenters. The molecule has 7 heteroatoms. The molecule has 0 fully saturated rings. The molecule has 2 aromatic rings. The molecule has 3 atom stereocenters. The molecule has 138 valence electrons. The lowest BCUT2D eigenvalue weighted by Crippen LogP contribution is -2.44. The highest BCUT2D eigenvalue weighted by Gasteiger charge is 2.45. The summed E-state index contributed by atoms with van der Waals surface area (Å²) in [5, 5.41) is 24.7. The van der Waals surface area contributed by atoms with Crippen LogP contribution in [-0.2, 0) is 4.57 Å². The minimum atomic E-state index is -3.28. The van der Waals surface area contributed by atoms with Gasteiger partial charge in [-0.05, 0) is 11.4 Å². The van der Waals surface area contributed by atoms with Crippen molar-refractivity contribution in [3.05, 3.63) is 71.1 Å². The van der Waals surface area contributed by atoms with Crippen LogP contribution in [-0.4, -0.2) is 34.6 Å². The Morgan fingerprint density at radius 2 is 1.50 bits per heavy atom. The molecular formula is C19H24N3O3P. The van der Waals surface area contributed by atoms with Crippen molar-refractivity contribution < 1.29 is 14.8 Å². The molecule has 0 amide bonds. The highest BCUT2D eigenvalue weighted by atomic mass is 31.2. The van der Waals surface area contributed by atoms with Crippen molar-refractivity contribution in [3.8, 4) is 0 Å². The van der Waals surface area contributed by atoms with E-state index in [-0.39, 0.29) is 5.92 Å². The van der Waals surface area contributed by atoms with Crippen molar-refractivity contribution in [3.63, 3.8) is 0 Å². The van der Waals surface area contributed by atoms with Gasteiger partial charge in [0.15, 0.2) is 0 Å². The van der Waals surface area contributed by atoms with Crippen molar-refractivity contribution in [2.45, 2.75) is 31.7 Å². The zero-order valence-electron chi connectivity index (χ0n) is 14.9. The fourth-order valence-corrected chi connectivity index (χ4v) is 7.11. The van der Waals surface area contributed by atoms with Gasteiger partial charge in [-0.25, -0.2) is 0 Å². The molecule has 0 saturated heterocycles. The summed E-state index contributed by atoms with van der Waals surface area (Å²) in [7, 11) is -3.28. The van der Waals surface area contributed by atoms with Crippen LogP contribution in [0.25, 0.3) is 10.4 Å². The van der Waals surface area contributed by atoms with Crippen molar-refractivity contribution >= 4 is 17.8 Å². The summed E-state index contributed by atoms with van der Waals surface area (Å²) in [5.74, 6) is -0.169. The van der Waals surface area contributed by atoms with Crippen molar-refractivity contribution in [2.24, 2.45) is 11.0 Å². The monoisotopic (exact) mass is 373 g/mol. The van der Waals surface area contributed by atoms with Crippen LogP contribution in [0.2, 0.25) is 0 Å². The van der Waals surface area contributed by atoms with Crippen LogP contribution in [0.15, 0.2) is 65.8 Å². The highest BCUT2D eigenvalue weighted by Crippen LogP contribution is 2.53. The van der Waals surface area contributed by atoms with E-state index in [1.807, 2.05) is 50.2 Å². The predicted octanol–water partition coefficient (Wildman–Crippen LogP) is 3.06. The summed E-state index contributed by atoms with van der Waals surface area (Å²) in [5.41, 5.74) is 8.33. The average molecular weight is 373 g/mol. The van der Waals surface area contributed by atoms with Gasteiger partial charge in [-0.1, -0.05) is 79.6 Å². The normalized spacial score (nSPS) is 15.1. The second kappa shape index (κ2) is 9.02. The molecule has 0 spiro atoms. The Balaban J connectivity index is 2.76. The Morgan fingerprint density at radius 3 is 1.85 bits per heavy atom. The first kappa shape index (κ1) is 20.2. The Hall–Kier alpha value is -2.10. The molecule has 0 aromatic heterocycles. The van der Waals surface area contributed by atoms with E-state index in [1.54, 1.807) is 24.3 Å². The van der Waals surface area contributed by atoms with E-state index in [2.05, 4.69) is 10.0 Å². The Kier molecular flexibility index (Phi) is 7.01. The summed E-state index contributed by atoms with van der Waals surface area (Å²) < 4.78 is 14.5. The molecule has 0 saturated carbocycles. The number of rotatable bonds is 8. The predicted molar refractivity (Wildman–Crippen MR) is 104 cm³/mol. The van der Waals surface area contributed by atoms with Crippen molar-refractivity contribution in [2.75, 3.05) is 6.61 Å². The maximum absolute atomic E-state index is 14.5. The molecule has 0 heterocycles. The van der Waals surface area contributed by atoms with E-state index in [0.717, 1.165) is 0 Å². The largest absolute Gasteiger partial charge is 0.394 e. The number of benzene rings is 2. The van der Waals surface area contributed by atoms with Crippen LogP contribution in [0.3, 0.4) is 0 Å². The Labute approximate surface area is 153 Å². The van der Waals surface area contributed by atoms with Gasteiger partial charge in [0, 0.05) is 21.2 Å². The van der Waals surface area contributed by atoms with Crippen LogP contribution in [0.4, 0.5) is 0 Å². The summed E-state index contributed by atoms with van der Waals surface area (Å²) in [6, 6.07) is 17.1. The molecule has 2 rings (SSSR count). The quantitative estimate of drug-likeness (QED) is 0.321. The molecule has 0 radical (unpaired) electrons. The van der Waals surface area contributed by atoms with Gasteiger partial charge in [0.25, 0.3) is 0 Å². The first-order valence-electron chi connectivity index (χ1n) is 8.50. The summed E-state index contributed by atoms with van der Waals surface area (Å²) >= 11 is 0. The summed E-state index contributed by atoms with van der Waals surface area (Å²) in [6.45, 7) is 3.19. The number of nitrogens with zero attached hydrogens (tertiary/aromatic N) is 3. The Morgan fingerprint density at radius 1 is 1.04 bits per heavy atom. The topological polar surface area (TPSA) is 106 Å². The Bertz CT molecular complexity index is 749. The summed E-state index contributed by atoms with van der Waals surface area (Å²) in [4.78, 5) is 2.84. The molecule has 6 nitrogen and oxygen atoms in total. The molecule has 0 bridgehead atoms. The van der Waals surface area contributed by atoms with Gasteiger partial charge in [0.1, 0.15) is 7.14 Å². The highest BCUT2D eigenvalue weighted by molar-refractivity contribution is 7.79. The smallest absolute Gasteiger partial charge is 0.146 e.